The summed E-state index contributed by atoms with van der Waals surface area (Å²) < 4.78 is 8.74. The standard InChI is InChI=1S/C12H26S.H3O3P/c1-2-3-4-5-6-7-8-9-10-11-12-13;1-4(2)3/h13H,2-12H2,1H3;4H,(H2,1,2,3). The first-order chi connectivity index (χ1) is 8.15. The number of rotatable bonds is 10. The fraction of sp³-hybridized carbons (Fsp3) is 1.00. The van der Waals surface area contributed by atoms with Crippen molar-refractivity contribution in [1.82, 2.24) is 0 Å². The quantitative estimate of drug-likeness (QED) is 0.320. The molecule has 0 aromatic carbocycles. The van der Waals surface area contributed by atoms with Crippen molar-refractivity contribution in [1.29, 1.82) is 0 Å². The van der Waals surface area contributed by atoms with Crippen LogP contribution in [-0.4, -0.2) is 15.5 Å². The lowest BCUT2D eigenvalue weighted by Crippen LogP contribution is -1.81. The lowest BCUT2D eigenvalue weighted by Gasteiger charge is -2.00. The fourth-order valence-corrected chi connectivity index (χ4v) is 1.82. The van der Waals surface area contributed by atoms with Gasteiger partial charge in [-0.05, 0) is 12.2 Å². The molecule has 0 radical (unpaired) electrons. The molecule has 0 amide bonds. The topological polar surface area (TPSA) is 57.5 Å². The molecule has 0 aliphatic rings. The van der Waals surface area contributed by atoms with E-state index in [1.807, 2.05) is 0 Å². The molecule has 3 nitrogen and oxygen atoms in total. The Morgan fingerprint density at radius 3 is 1.41 bits per heavy atom. The zero-order chi connectivity index (χ0) is 13.4. The molecular formula is C12H29O3PS. The second-order valence-corrected chi connectivity index (χ2v) is 5.20. The van der Waals surface area contributed by atoms with E-state index >= 15 is 0 Å². The number of hydrogen-bond donors (Lipinski definition) is 3. The van der Waals surface area contributed by atoms with Crippen LogP contribution in [0.1, 0.15) is 71.1 Å². The van der Waals surface area contributed by atoms with Gasteiger partial charge < -0.3 is 9.79 Å². The molecule has 0 rings (SSSR count). The second-order valence-electron chi connectivity index (χ2n) is 4.19. The molecule has 0 spiro atoms. The van der Waals surface area contributed by atoms with Gasteiger partial charge in [-0.2, -0.15) is 12.6 Å². The maximum absolute atomic E-state index is 8.74. The van der Waals surface area contributed by atoms with Crippen LogP contribution in [0.4, 0.5) is 0 Å². The molecule has 17 heavy (non-hydrogen) atoms. The largest absolute Gasteiger partial charge is 0.326 e. The minimum atomic E-state index is -3.13. The summed E-state index contributed by atoms with van der Waals surface area (Å²) in [6.45, 7) is 2.28. The van der Waals surface area contributed by atoms with Gasteiger partial charge in [-0.25, -0.2) is 0 Å². The van der Waals surface area contributed by atoms with Gasteiger partial charge in [0.2, 0.25) is 0 Å². The third-order valence-corrected chi connectivity index (χ3v) is 2.83. The van der Waals surface area contributed by atoms with E-state index in [4.69, 9.17) is 14.4 Å². The van der Waals surface area contributed by atoms with Crippen molar-refractivity contribution in [3.63, 3.8) is 0 Å². The average molecular weight is 284 g/mol. The van der Waals surface area contributed by atoms with Crippen molar-refractivity contribution in [2.24, 2.45) is 0 Å². The molecule has 2 N–H and O–H groups in total. The van der Waals surface area contributed by atoms with Crippen molar-refractivity contribution >= 4 is 20.9 Å². The Hall–Kier alpha value is 0.500. The lowest BCUT2D eigenvalue weighted by atomic mass is 10.1. The fourth-order valence-electron chi connectivity index (χ4n) is 1.60. The third-order valence-electron chi connectivity index (χ3n) is 2.51. The maximum atomic E-state index is 8.74. The second kappa shape index (κ2) is 18.9. The first-order valence-electron chi connectivity index (χ1n) is 6.67. The summed E-state index contributed by atoms with van der Waals surface area (Å²) in [7, 11) is -3.13. The molecule has 0 aromatic heterocycles. The predicted octanol–water partition coefficient (Wildman–Crippen LogP) is 4.20. The van der Waals surface area contributed by atoms with Crippen molar-refractivity contribution in [3.8, 4) is 0 Å². The molecule has 0 heterocycles. The summed E-state index contributed by atoms with van der Waals surface area (Å²) in [5, 5.41) is 0. The molecular weight excluding hydrogens is 255 g/mol. The van der Waals surface area contributed by atoms with Gasteiger partial charge in [0.25, 0.3) is 0 Å². The summed E-state index contributed by atoms with van der Waals surface area (Å²) in [5.41, 5.74) is 0. The van der Waals surface area contributed by atoms with Gasteiger partial charge in [-0.15, -0.1) is 0 Å². The molecule has 0 aliphatic heterocycles. The van der Waals surface area contributed by atoms with E-state index < -0.39 is 8.25 Å². The molecule has 0 saturated heterocycles. The van der Waals surface area contributed by atoms with E-state index in [-0.39, 0.29) is 0 Å². The molecule has 0 atom stereocenters. The molecule has 5 heteroatoms. The number of unbranched alkanes of at least 4 members (excludes halogenated alkanes) is 9. The minimum Gasteiger partial charge on any atom is -0.326 e. The van der Waals surface area contributed by atoms with Crippen LogP contribution in [0.3, 0.4) is 0 Å². The van der Waals surface area contributed by atoms with Gasteiger partial charge in [-0.1, -0.05) is 64.7 Å². The SMILES string of the molecule is CCCCCCCCCCCCS.O=[PH](O)O. The molecule has 0 bridgehead atoms. The number of thiol groups is 1. The Morgan fingerprint density at radius 2 is 1.12 bits per heavy atom. The summed E-state index contributed by atoms with van der Waals surface area (Å²) in [6.07, 6.45) is 14.2. The predicted molar refractivity (Wildman–Crippen MR) is 79.1 cm³/mol. The van der Waals surface area contributed by atoms with Crippen LogP contribution in [0.2, 0.25) is 0 Å². The van der Waals surface area contributed by atoms with Crippen LogP contribution >= 0.6 is 20.9 Å². The van der Waals surface area contributed by atoms with Crippen molar-refractivity contribution < 1.29 is 14.4 Å². The van der Waals surface area contributed by atoms with E-state index in [1.54, 1.807) is 0 Å². The van der Waals surface area contributed by atoms with Gasteiger partial charge in [-0.3, -0.25) is 4.57 Å². The van der Waals surface area contributed by atoms with Gasteiger partial charge in [0, 0.05) is 0 Å². The van der Waals surface area contributed by atoms with Crippen LogP contribution in [0.15, 0.2) is 0 Å². The summed E-state index contributed by atoms with van der Waals surface area (Å²) in [5.74, 6) is 1.07. The van der Waals surface area contributed by atoms with Crippen LogP contribution in [0, 0.1) is 0 Å². The Kier molecular flexibility index (Phi) is 22.0. The molecule has 0 fully saturated rings. The van der Waals surface area contributed by atoms with Gasteiger partial charge >= 0.3 is 8.25 Å². The Balaban J connectivity index is 0. The highest BCUT2D eigenvalue weighted by Crippen LogP contribution is 2.10. The van der Waals surface area contributed by atoms with Crippen LogP contribution in [0.25, 0.3) is 0 Å². The Bertz CT molecular complexity index is 143. The smallest absolute Gasteiger partial charge is 0.314 e. The van der Waals surface area contributed by atoms with Gasteiger partial charge in [0.05, 0.1) is 0 Å². The van der Waals surface area contributed by atoms with E-state index in [9.17, 15) is 0 Å². The average Bonchev–Trinajstić information content (AvgIpc) is 2.26. The third kappa shape index (κ3) is 31.5. The van der Waals surface area contributed by atoms with Gasteiger partial charge in [0.1, 0.15) is 0 Å². The normalized spacial score (nSPS) is 10.2. The molecule has 0 unspecified atom stereocenters. The van der Waals surface area contributed by atoms with Crippen molar-refractivity contribution in [3.05, 3.63) is 0 Å². The summed E-state index contributed by atoms with van der Waals surface area (Å²) >= 11 is 4.20. The highest BCUT2D eigenvalue weighted by molar-refractivity contribution is 7.80. The Labute approximate surface area is 112 Å². The lowest BCUT2D eigenvalue weighted by molar-refractivity contribution is 0.405. The first-order valence-corrected chi connectivity index (χ1v) is 8.61. The minimum absolute atomic E-state index is 1.07. The van der Waals surface area contributed by atoms with E-state index in [1.165, 1.54) is 64.2 Å². The highest BCUT2D eigenvalue weighted by atomic mass is 32.1. The van der Waals surface area contributed by atoms with Crippen LogP contribution in [0.5, 0.6) is 0 Å². The summed E-state index contributed by atoms with van der Waals surface area (Å²) in [4.78, 5) is 14.3. The van der Waals surface area contributed by atoms with Crippen LogP contribution in [-0.2, 0) is 4.57 Å². The van der Waals surface area contributed by atoms with Crippen molar-refractivity contribution in [2.75, 3.05) is 5.75 Å². The molecule has 0 aliphatic carbocycles. The first kappa shape index (κ1) is 19.8. The van der Waals surface area contributed by atoms with E-state index in [2.05, 4.69) is 19.6 Å². The number of hydrogen-bond acceptors (Lipinski definition) is 2. The van der Waals surface area contributed by atoms with Gasteiger partial charge in [0.15, 0.2) is 0 Å². The molecule has 0 saturated carbocycles. The van der Waals surface area contributed by atoms with E-state index in [0.717, 1.165) is 5.75 Å². The molecule has 106 valence electrons. The maximum Gasteiger partial charge on any atom is 0.314 e. The highest BCUT2D eigenvalue weighted by Gasteiger charge is 1.91. The molecule has 0 aromatic rings. The monoisotopic (exact) mass is 284 g/mol. The van der Waals surface area contributed by atoms with Crippen molar-refractivity contribution in [2.45, 2.75) is 71.1 Å². The zero-order valence-electron chi connectivity index (χ0n) is 11.0. The van der Waals surface area contributed by atoms with Crippen LogP contribution < -0.4 is 0 Å². The summed E-state index contributed by atoms with van der Waals surface area (Å²) in [6, 6.07) is 0. The zero-order valence-corrected chi connectivity index (χ0v) is 12.9. The Morgan fingerprint density at radius 1 is 0.824 bits per heavy atom. The van der Waals surface area contributed by atoms with E-state index in [0.29, 0.717) is 0 Å².